The van der Waals surface area contributed by atoms with Crippen LogP contribution in [0.4, 0.5) is 0 Å². The zero-order valence-corrected chi connectivity index (χ0v) is 22.0. The Hall–Kier alpha value is -5.56. The van der Waals surface area contributed by atoms with E-state index in [0.29, 0.717) is 0 Å². The third kappa shape index (κ3) is 4.72. The highest BCUT2D eigenvalue weighted by molar-refractivity contribution is 5.99. The molecule has 0 unspecified atom stereocenters. The molecule has 5 aromatic heterocycles. The van der Waals surface area contributed by atoms with Crippen molar-refractivity contribution in [1.29, 1.82) is 0 Å². The fourth-order valence-corrected chi connectivity index (χ4v) is 4.67. The van der Waals surface area contributed by atoms with Crippen LogP contribution in [-0.4, -0.2) is 30.1 Å². The van der Waals surface area contributed by atoms with Crippen LogP contribution in [0.5, 0.6) is 0 Å². The van der Waals surface area contributed by atoms with Crippen LogP contribution >= 0.6 is 0 Å². The van der Waals surface area contributed by atoms with E-state index in [0.717, 1.165) is 72.8 Å². The number of nitrogens with one attached hydrogen (secondary N) is 3. The SMILES string of the molecule is C=C/C(=C\C(=C/C)c1ccc2[nH]nc(-c3cc4c(-c5cccnc5)nccc4[nH]3)c2n1)NC(=C)c1ccccc1. The van der Waals surface area contributed by atoms with Gasteiger partial charge in [0.15, 0.2) is 0 Å². The highest BCUT2D eigenvalue weighted by Gasteiger charge is 2.16. The van der Waals surface area contributed by atoms with Crippen LogP contribution in [-0.2, 0) is 0 Å². The van der Waals surface area contributed by atoms with E-state index < -0.39 is 0 Å². The van der Waals surface area contributed by atoms with E-state index in [9.17, 15) is 0 Å². The maximum absolute atomic E-state index is 5.02. The summed E-state index contributed by atoms with van der Waals surface area (Å²) in [6.07, 6.45) is 11.2. The Labute approximate surface area is 231 Å². The number of benzene rings is 1. The van der Waals surface area contributed by atoms with Gasteiger partial charge in [0, 0.05) is 46.5 Å². The molecule has 0 spiro atoms. The van der Waals surface area contributed by atoms with E-state index in [2.05, 4.69) is 49.7 Å². The lowest BCUT2D eigenvalue weighted by Crippen LogP contribution is -2.09. The van der Waals surface area contributed by atoms with Gasteiger partial charge in [-0.15, -0.1) is 0 Å². The number of allylic oxidation sites excluding steroid dienone is 4. The number of fused-ring (bicyclic) bond motifs is 2. The van der Waals surface area contributed by atoms with Gasteiger partial charge in [-0.25, -0.2) is 4.98 Å². The number of nitrogens with zero attached hydrogens (tertiary/aromatic N) is 4. The van der Waals surface area contributed by atoms with E-state index in [1.165, 1.54) is 0 Å². The Bertz CT molecular complexity index is 1910. The van der Waals surface area contributed by atoms with Gasteiger partial charge in [-0.1, -0.05) is 49.6 Å². The molecule has 0 aliphatic rings. The number of hydrogen-bond donors (Lipinski definition) is 3. The molecule has 0 amide bonds. The average molecular weight is 522 g/mol. The average Bonchev–Trinajstić information content (AvgIpc) is 3.64. The first kappa shape index (κ1) is 24.8. The quantitative estimate of drug-likeness (QED) is 0.183. The fraction of sp³-hybridized carbons (Fsp3) is 0.0303. The Morgan fingerprint density at radius 3 is 2.60 bits per heavy atom. The second-order valence-corrected chi connectivity index (χ2v) is 9.23. The third-order valence-electron chi connectivity index (χ3n) is 6.70. The third-order valence-corrected chi connectivity index (χ3v) is 6.70. The normalized spacial score (nSPS) is 12.1. The summed E-state index contributed by atoms with van der Waals surface area (Å²) in [6, 6.07) is 21.9. The molecule has 3 N–H and O–H groups in total. The van der Waals surface area contributed by atoms with Crippen LogP contribution in [0.15, 0.2) is 122 Å². The monoisotopic (exact) mass is 521 g/mol. The summed E-state index contributed by atoms with van der Waals surface area (Å²) in [5, 5.41) is 12.1. The minimum absolute atomic E-state index is 0.740. The molecule has 0 aliphatic heterocycles. The van der Waals surface area contributed by atoms with Gasteiger partial charge in [0.05, 0.1) is 22.6 Å². The molecule has 1 aromatic carbocycles. The minimum atomic E-state index is 0.740. The van der Waals surface area contributed by atoms with Crippen molar-refractivity contribution in [2.45, 2.75) is 6.92 Å². The van der Waals surface area contributed by atoms with Crippen molar-refractivity contribution >= 4 is 33.2 Å². The molecule has 7 heteroatoms. The lowest BCUT2D eigenvalue weighted by atomic mass is 10.1. The van der Waals surface area contributed by atoms with E-state index in [1.807, 2.05) is 85.9 Å². The highest BCUT2D eigenvalue weighted by atomic mass is 15.1. The Kier molecular flexibility index (Phi) is 6.60. The Morgan fingerprint density at radius 1 is 0.950 bits per heavy atom. The lowest BCUT2D eigenvalue weighted by molar-refractivity contribution is 1.12. The Balaban J connectivity index is 1.36. The van der Waals surface area contributed by atoms with Crippen LogP contribution in [0, 0.1) is 0 Å². The predicted octanol–water partition coefficient (Wildman–Crippen LogP) is 7.30. The second kappa shape index (κ2) is 10.7. The van der Waals surface area contributed by atoms with Crippen molar-refractivity contribution in [3.05, 3.63) is 134 Å². The summed E-state index contributed by atoms with van der Waals surface area (Å²) in [5.74, 6) is 0. The molecular weight excluding hydrogens is 494 g/mol. The van der Waals surface area contributed by atoms with E-state index >= 15 is 0 Å². The predicted molar refractivity (Wildman–Crippen MR) is 163 cm³/mol. The van der Waals surface area contributed by atoms with Gasteiger partial charge in [-0.2, -0.15) is 5.10 Å². The van der Waals surface area contributed by atoms with Crippen LogP contribution in [0.25, 0.3) is 55.9 Å². The Morgan fingerprint density at radius 2 is 1.82 bits per heavy atom. The van der Waals surface area contributed by atoms with Crippen LogP contribution in [0.1, 0.15) is 18.2 Å². The molecule has 0 fully saturated rings. The molecule has 0 radical (unpaired) electrons. The fourth-order valence-electron chi connectivity index (χ4n) is 4.67. The number of rotatable bonds is 8. The molecule has 0 saturated heterocycles. The molecule has 0 bridgehead atoms. The first-order chi connectivity index (χ1) is 19.6. The maximum Gasteiger partial charge on any atom is 0.135 e. The lowest BCUT2D eigenvalue weighted by Gasteiger charge is -2.12. The van der Waals surface area contributed by atoms with Gasteiger partial charge in [-0.3, -0.25) is 15.1 Å². The molecule has 7 nitrogen and oxygen atoms in total. The molecule has 0 atom stereocenters. The largest absolute Gasteiger partial charge is 0.356 e. The van der Waals surface area contributed by atoms with Crippen molar-refractivity contribution < 1.29 is 0 Å². The smallest absolute Gasteiger partial charge is 0.135 e. The minimum Gasteiger partial charge on any atom is -0.356 e. The van der Waals surface area contributed by atoms with Gasteiger partial charge in [-0.05, 0) is 66.6 Å². The van der Waals surface area contributed by atoms with Gasteiger partial charge in [0.25, 0.3) is 0 Å². The number of aromatic nitrogens is 6. The molecular formula is C33H27N7. The molecule has 6 aromatic rings. The van der Waals surface area contributed by atoms with Crippen molar-refractivity contribution in [1.82, 2.24) is 35.5 Å². The van der Waals surface area contributed by atoms with Gasteiger partial charge in [0.1, 0.15) is 11.2 Å². The molecule has 40 heavy (non-hydrogen) atoms. The van der Waals surface area contributed by atoms with Crippen molar-refractivity contribution in [2.75, 3.05) is 0 Å². The zero-order valence-electron chi connectivity index (χ0n) is 22.0. The summed E-state index contributed by atoms with van der Waals surface area (Å²) >= 11 is 0. The van der Waals surface area contributed by atoms with Crippen molar-refractivity contribution in [3.8, 4) is 22.6 Å². The zero-order chi connectivity index (χ0) is 27.5. The number of H-pyrrole nitrogens is 2. The van der Waals surface area contributed by atoms with E-state index in [-0.39, 0.29) is 0 Å². The summed E-state index contributed by atoms with van der Waals surface area (Å²) in [6.45, 7) is 10.2. The van der Waals surface area contributed by atoms with Crippen molar-refractivity contribution in [2.24, 2.45) is 0 Å². The van der Waals surface area contributed by atoms with E-state index in [1.54, 1.807) is 18.5 Å². The highest BCUT2D eigenvalue weighted by Crippen LogP contribution is 2.32. The first-order valence-electron chi connectivity index (χ1n) is 12.9. The van der Waals surface area contributed by atoms with Gasteiger partial charge < -0.3 is 10.3 Å². The first-order valence-corrected chi connectivity index (χ1v) is 12.9. The maximum atomic E-state index is 5.02. The molecule has 194 valence electrons. The molecule has 0 saturated carbocycles. The standard InChI is InChI=1S/C33H27N7/c1-4-22(18-25(5-2)36-21(3)23-10-7-6-8-11-23)27-13-14-29-32(38-27)33(40-39-29)30-19-26-28(37-30)15-17-35-31(26)24-12-9-16-34-20-24/h4-20,36-37H,2-3H2,1H3,(H,39,40)/b22-4+,25-18+. The summed E-state index contributed by atoms with van der Waals surface area (Å²) in [4.78, 5) is 17.4. The van der Waals surface area contributed by atoms with Crippen LogP contribution in [0.3, 0.4) is 0 Å². The number of pyridine rings is 3. The van der Waals surface area contributed by atoms with E-state index in [4.69, 9.17) is 4.98 Å². The second-order valence-electron chi connectivity index (χ2n) is 9.23. The summed E-state index contributed by atoms with van der Waals surface area (Å²) in [5.41, 5.74) is 10.4. The number of hydrogen-bond acceptors (Lipinski definition) is 5. The summed E-state index contributed by atoms with van der Waals surface area (Å²) in [7, 11) is 0. The van der Waals surface area contributed by atoms with Crippen molar-refractivity contribution in [3.63, 3.8) is 0 Å². The van der Waals surface area contributed by atoms with Crippen LogP contribution < -0.4 is 5.32 Å². The van der Waals surface area contributed by atoms with Gasteiger partial charge in [0.2, 0.25) is 0 Å². The van der Waals surface area contributed by atoms with Crippen LogP contribution in [0.2, 0.25) is 0 Å². The number of aromatic amines is 2. The molecule has 6 rings (SSSR count). The molecule has 0 aliphatic carbocycles. The summed E-state index contributed by atoms with van der Waals surface area (Å²) < 4.78 is 0. The molecule has 5 heterocycles. The topological polar surface area (TPSA) is 95.2 Å². The van der Waals surface area contributed by atoms with Gasteiger partial charge >= 0.3 is 0 Å².